The molecule has 0 saturated carbocycles. The summed E-state index contributed by atoms with van der Waals surface area (Å²) in [6, 6.07) is 13.2. The Morgan fingerprint density at radius 3 is 2.61 bits per heavy atom. The van der Waals surface area contributed by atoms with Gasteiger partial charge >= 0.3 is 0 Å². The molecule has 4 rings (SSSR count). The number of nitrogens with one attached hydrogen (secondary N) is 2. The lowest BCUT2D eigenvalue weighted by Crippen LogP contribution is -2.12. The number of amides is 1. The Kier molecular flexibility index (Phi) is 6.01. The highest BCUT2D eigenvalue weighted by atomic mass is 32.2. The third-order valence-corrected chi connectivity index (χ3v) is 6.86. The number of ether oxygens (including phenoxy) is 2. The lowest BCUT2D eigenvalue weighted by molar-refractivity contribution is 0.102. The number of nitriles is 1. The zero-order valence-electron chi connectivity index (χ0n) is 16.5. The third-order valence-electron chi connectivity index (χ3n) is 4.39. The van der Waals surface area contributed by atoms with E-state index in [1.807, 2.05) is 24.3 Å². The molecule has 0 saturated heterocycles. The number of carbonyl (C=O) groups is 1. The number of aromatic amines is 1. The highest BCUT2D eigenvalue weighted by Crippen LogP contribution is 2.44. The van der Waals surface area contributed by atoms with E-state index in [1.54, 1.807) is 26.4 Å². The molecule has 11 heteroatoms. The summed E-state index contributed by atoms with van der Waals surface area (Å²) in [6.45, 7) is 0. The van der Waals surface area contributed by atoms with Gasteiger partial charge in [0.1, 0.15) is 4.88 Å². The first-order valence-corrected chi connectivity index (χ1v) is 10.8. The van der Waals surface area contributed by atoms with Gasteiger partial charge in [-0.05, 0) is 29.0 Å². The Bertz CT molecular complexity index is 1260. The first-order chi connectivity index (χ1) is 15.1. The predicted octanol–water partition coefficient (Wildman–Crippen LogP) is 3.85. The first kappa shape index (κ1) is 20.6. The SMILES string of the molecule is COc1cc2sc(C(=O)Nc3nn[nH]n3)c(SCc3ccc(C#N)cc3)c2cc1OC. The fourth-order valence-corrected chi connectivity index (χ4v) is 5.32. The van der Waals surface area contributed by atoms with Gasteiger partial charge in [0.15, 0.2) is 11.5 Å². The fraction of sp³-hybridized carbons (Fsp3) is 0.150. The molecule has 0 aliphatic carbocycles. The summed E-state index contributed by atoms with van der Waals surface area (Å²) in [5.41, 5.74) is 1.64. The van der Waals surface area contributed by atoms with Gasteiger partial charge in [0.05, 0.1) is 25.9 Å². The topological polar surface area (TPSA) is 126 Å². The van der Waals surface area contributed by atoms with Gasteiger partial charge in [0.25, 0.3) is 11.9 Å². The van der Waals surface area contributed by atoms with Crippen molar-refractivity contribution < 1.29 is 14.3 Å². The van der Waals surface area contributed by atoms with Crippen molar-refractivity contribution in [2.75, 3.05) is 19.5 Å². The average molecular weight is 453 g/mol. The maximum atomic E-state index is 13.0. The van der Waals surface area contributed by atoms with Crippen LogP contribution in [0.2, 0.25) is 0 Å². The van der Waals surface area contributed by atoms with E-state index < -0.39 is 0 Å². The lowest BCUT2D eigenvalue weighted by Gasteiger charge is -2.08. The molecular weight excluding hydrogens is 436 g/mol. The maximum Gasteiger partial charge on any atom is 0.270 e. The van der Waals surface area contributed by atoms with Crippen LogP contribution >= 0.6 is 23.1 Å². The van der Waals surface area contributed by atoms with Crippen molar-refractivity contribution in [1.29, 1.82) is 5.26 Å². The van der Waals surface area contributed by atoms with Crippen molar-refractivity contribution in [3.8, 4) is 17.6 Å². The van der Waals surface area contributed by atoms with Crippen LogP contribution in [0.4, 0.5) is 5.95 Å². The van der Waals surface area contributed by atoms with Gasteiger partial charge in [-0.15, -0.1) is 28.2 Å². The van der Waals surface area contributed by atoms with E-state index in [0.29, 0.717) is 27.7 Å². The molecule has 0 atom stereocenters. The van der Waals surface area contributed by atoms with E-state index in [1.165, 1.54) is 23.1 Å². The monoisotopic (exact) mass is 452 g/mol. The van der Waals surface area contributed by atoms with Gasteiger partial charge in [0.2, 0.25) is 0 Å². The molecule has 2 aromatic carbocycles. The smallest absolute Gasteiger partial charge is 0.270 e. The van der Waals surface area contributed by atoms with Gasteiger partial charge < -0.3 is 9.47 Å². The maximum absolute atomic E-state index is 13.0. The number of anilines is 1. The summed E-state index contributed by atoms with van der Waals surface area (Å²) in [6.07, 6.45) is 0. The quantitative estimate of drug-likeness (QED) is 0.405. The largest absolute Gasteiger partial charge is 0.493 e. The second-order valence-electron chi connectivity index (χ2n) is 6.25. The Balaban J connectivity index is 1.73. The number of H-pyrrole nitrogens is 1. The number of methoxy groups -OCH3 is 2. The van der Waals surface area contributed by atoms with Crippen molar-refractivity contribution in [3.05, 3.63) is 52.4 Å². The molecule has 31 heavy (non-hydrogen) atoms. The molecule has 0 aliphatic heterocycles. The number of thiophene rings is 1. The molecule has 1 amide bonds. The molecule has 156 valence electrons. The van der Waals surface area contributed by atoms with Crippen LogP contribution in [0.3, 0.4) is 0 Å². The molecule has 0 spiro atoms. The number of nitrogens with zero attached hydrogens (tertiary/aromatic N) is 4. The van der Waals surface area contributed by atoms with E-state index in [-0.39, 0.29) is 11.9 Å². The van der Waals surface area contributed by atoms with Gasteiger partial charge in [-0.2, -0.15) is 10.5 Å². The van der Waals surface area contributed by atoms with Gasteiger partial charge in [-0.25, -0.2) is 0 Å². The van der Waals surface area contributed by atoms with Crippen LogP contribution in [0.5, 0.6) is 11.5 Å². The van der Waals surface area contributed by atoms with Crippen molar-refractivity contribution in [2.24, 2.45) is 0 Å². The highest BCUT2D eigenvalue weighted by molar-refractivity contribution is 7.99. The van der Waals surface area contributed by atoms with Gasteiger partial charge in [0, 0.05) is 26.8 Å². The van der Waals surface area contributed by atoms with Crippen LogP contribution in [0.1, 0.15) is 20.8 Å². The summed E-state index contributed by atoms with van der Waals surface area (Å²) in [7, 11) is 3.14. The minimum atomic E-state index is -0.331. The Morgan fingerprint density at radius 1 is 1.23 bits per heavy atom. The van der Waals surface area contributed by atoms with Crippen LogP contribution in [0.15, 0.2) is 41.3 Å². The molecule has 0 radical (unpaired) electrons. The summed E-state index contributed by atoms with van der Waals surface area (Å²) >= 11 is 2.88. The number of fused-ring (bicyclic) bond motifs is 1. The van der Waals surface area contributed by atoms with Crippen molar-refractivity contribution in [1.82, 2.24) is 20.6 Å². The van der Waals surface area contributed by atoms with E-state index in [2.05, 4.69) is 32.0 Å². The summed E-state index contributed by atoms with van der Waals surface area (Å²) in [5, 5.41) is 25.9. The zero-order chi connectivity index (χ0) is 21.8. The average Bonchev–Trinajstić information content (AvgIpc) is 3.44. The first-order valence-electron chi connectivity index (χ1n) is 8.98. The zero-order valence-corrected chi connectivity index (χ0v) is 18.1. The van der Waals surface area contributed by atoms with Crippen LogP contribution in [0.25, 0.3) is 10.1 Å². The minimum Gasteiger partial charge on any atom is -0.493 e. The van der Waals surface area contributed by atoms with Gasteiger partial charge in [-0.3, -0.25) is 10.1 Å². The summed E-state index contributed by atoms with van der Waals surface area (Å²) < 4.78 is 11.7. The fourth-order valence-electron chi connectivity index (χ4n) is 2.90. The van der Waals surface area contributed by atoms with E-state index in [0.717, 1.165) is 20.5 Å². The van der Waals surface area contributed by atoms with Crippen LogP contribution in [-0.2, 0) is 5.75 Å². The Hall–Kier alpha value is -3.62. The number of rotatable bonds is 7. The van der Waals surface area contributed by atoms with Crippen LogP contribution in [-0.4, -0.2) is 40.8 Å². The highest BCUT2D eigenvalue weighted by Gasteiger charge is 2.22. The lowest BCUT2D eigenvalue weighted by atomic mass is 10.2. The number of hydrogen-bond donors (Lipinski definition) is 2. The molecular formula is C20H16N6O3S2. The van der Waals surface area contributed by atoms with Gasteiger partial charge in [-0.1, -0.05) is 17.2 Å². The molecule has 2 heterocycles. The number of thioether (sulfide) groups is 1. The minimum absolute atomic E-state index is 0.0978. The van der Waals surface area contributed by atoms with E-state index in [4.69, 9.17) is 14.7 Å². The normalized spacial score (nSPS) is 10.6. The van der Waals surface area contributed by atoms with Crippen molar-refractivity contribution >= 4 is 45.0 Å². The van der Waals surface area contributed by atoms with Crippen LogP contribution in [0, 0.1) is 11.3 Å². The van der Waals surface area contributed by atoms with Crippen molar-refractivity contribution in [2.45, 2.75) is 10.6 Å². The Morgan fingerprint density at radius 2 is 1.97 bits per heavy atom. The molecule has 0 bridgehead atoms. The predicted molar refractivity (Wildman–Crippen MR) is 118 cm³/mol. The number of aromatic nitrogens is 4. The van der Waals surface area contributed by atoms with E-state index >= 15 is 0 Å². The molecule has 4 aromatic rings. The molecule has 2 aromatic heterocycles. The van der Waals surface area contributed by atoms with Crippen LogP contribution < -0.4 is 14.8 Å². The molecule has 0 aliphatic rings. The number of benzene rings is 2. The standard InChI is InChI=1S/C20H16N6O3S2/c1-28-14-7-13-16(8-15(14)29-2)31-18(19(27)22-20-23-25-26-24-20)17(13)30-10-12-5-3-11(9-21)4-6-12/h3-8H,10H2,1-2H3,(H2,22,23,24,25,26,27). The number of hydrogen-bond acceptors (Lipinski definition) is 9. The summed E-state index contributed by atoms with van der Waals surface area (Å²) in [5.74, 6) is 1.56. The third kappa shape index (κ3) is 4.30. The second kappa shape index (κ2) is 9.03. The molecule has 0 unspecified atom stereocenters. The molecule has 9 nitrogen and oxygen atoms in total. The molecule has 2 N–H and O–H groups in total. The molecule has 0 fully saturated rings. The number of carbonyl (C=O) groups excluding carboxylic acids is 1. The van der Waals surface area contributed by atoms with Crippen molar-refractivity contribution in [3.63, 3.8) is 0 Å². The van der Waals surface area contributed by atoms with E-state index in [9.17, 15) is 4.79 Å². The number of tetrazole rings is 1. The second-order valence-corrected chi connectivity index (χ2v) is 8.29. The summed E-state index contributed by atoms with van der Waals surface area (Å²) in [4.78, 5) is 14.3. The Labute approximate surface area is 185 Å².